The fraction of sp³-hybridized carbons (Fsp3) is 0.571. The molecule has 1 aliphatic rings. The molecule has 3 nitrogen and oxygen atoms in total. The standard InChI is InChI=1S/C7H8O3/c8-4-6(3-7(9)10)5-1-2-5/h5H,1-3H2,(H,9,10). The van der Waals surface area contributed by atoms with Crippen LogP contribution in [0.25, 0.3) is 0 Å². The maximum atomic E-state index is 10.1. The van der Waals surface area contributed by atoms with Crippen LogP contribution in [0.1, 0.15) is 19.3 Å². The first-order valence-corrected chi connectivity index (χ1v) is 3.19. The zero-order valence-corrected chi connectivity index (χ0v) is 5.46. The lowest BCUT2D eigenvalue weighted by Gasteiger charge is -1.92. The van der Waals surface area contributed by atoms with Gasteiger partial charge in [0.1, 0.15) is 5.94 Å². The summed E-state index contributed by atoms with van der Waals surface area (Å²) in [6.45, 7) is 0. The van der Waals surface area contributed by atoms with Gasteiger partial charge in [0.2, 0.25) is 0 Å². The Hall–Kier alpha value is -1.08. The predicted octanol–water partition coefficient (Wildman–Crippen LogP) is 0.629. The summed E-state index contributed by atoms with van der Waals surface area (Å²) >= 11 is 0. The second-order valence-corrected chi connectivity index (χ2v) is 2.47. The molecule has 0 aliphatic heterocycles. The van der Waals surface area contributed by atoms with Gasteiger partial charge in [0.15, 0.2) is 0 Å². The molecule has 1 aliphatic carbocycles. The van der Waals surface area contributed by atoms with Crippen molar-refractivity contribution >= 4 is 11.9 Å². The molecule has 0 amide bonds. The van der Waals surface area contributed by atoms with Gasteiger partial charge in [0.25, 0.3) is 0 Å². The van der Waals surface area contributed by atoms with E-state index in [0.29, 0.717) is 5.57 Å². The number of carboxylic acids is 1. The van der Waals surface area contributed by atoms with Crippen molar-refractivity contribution in [2.75, 3.05) is 0 Å². The van der Waals surface area contributed by atoms with E-state index in [1.807, 2.05) is 0 Å². The molecule has 0 aromatic rings. The Morgan fingerprint density at radius 1 is 1.60 bits per heavy atom. The number of hydrogen-bond donors (Lipinski definition) is 1. The third-order valence-corrected chi connectivity index (χ3v) is 1.54. The van der Waals surface area contributed by atoms with Crippen LogP contribution in [0.5, 0.6) is 0 Å². The summed E-state index contributed by atoms with van der Waals surface area (Å²) in [5.41, 5.74) is 0.424. The molecule has 1 saturated carbocycles. The van der Waals surface area contributed by atoms with Gasteiger partial charge >= 0.3 is 5.97 Å². The van der Waals surface area contributed by atoms with Crippen LogP contribution >= 0.6 is 0 Å². The van der Waals surface area contributed by atoms with Gasteiger partial charge in [-0.1, -0.05) is 0 Å². The minimum atomic E-state index is -0.940. The van der Waals surface area contributed by atoms with Crippen molar-refractivity contribution in [3.05, 3.63) is 5.57 Å². The maximum Gasteiger partial charge on any atom is 0.308 e. The van der Waals surface area contributed by atoms with Crippen LogP contribution in [0.3, 0.4) is 0 Å². The Morgan fingerprint density at radius 2 is 2.20 bits per heavy atom. The van der Waals surface area contributed by atoms with Crippen molar-refractivity contribution < 1.29 is 14.7 Å². The summed E-state index contributed by atoms with van der Waals surface area (Å²) in [4.78, 5) is 20.2. The summed E-state index contributed by atoms with van der Waals surface area (Å²) in [6, 6.07) is 0. The summed E-state index contributed by atoms with van der Waals surface area (Å²) in [5, 5.41) is 8.29. The lowest BCUT2D eigenvalue weighted by atomic mass is 10.1. The Kier molecular flexibility index (Phi) is 1.88. The highest BCUT2D eigenvalue weighted by Crippen LogP contribution is 2.36. The molecule has 0 radical (unpaired) electrons. The lowest BCUT2D eigenvalue weighted by Crippen LogP contribution is -1.99. The highest BCUT2D eigenvalue weighted by atomic mass is 16.4. The summed E-state index contributed by atoms with van der Waals surface area (Å²) in [6.07, 6.45) is 1.78. The topological polar surface area (TPSA) is 54.4 Å². The molecule has 0 heterocycles. The number of carbonyl (C=O) groups excluding carboxylic acids is 1. The second-order valence-electron chi connectivity index (χ2n) is 2.47. The fourth-order valence-corrected chi connectivity index (χ4v) is 0.858. The lowest BCUT2D eigenvalue weighted by molar-refractivity contribution is -0.136. The van der Waals surface area contributed by atoms with E-state index in [1.165, 1.54) is 0 Å². The van der Waals surface area contributed by atoms with Crippen molar-refractivity contribution in [1.29, 1.82) is 0 Å². The molecular weight excluding hydrogens is 132 g/mol. The summed E-state index contributed by atoms with van der Waals surface area (Å²) < 4.78 is 0. The molecule has 0 bridgehead atoms. The van der Waals surface area contributed by atoms with Gasteiger partial charge in [0, 0.05) is 5.57 Å². The number of rotatable bonds is 3. The minimum absolute atomic E-state index is 0.131. The number of hydrogen-bond acceptors (Lipinski definition) is 2. The smallest absolute Gasteiger partial charge is 0.308 e. The van der Waals surface area contributed by atoms with Gasteiger partial charge in [-0.25, -0.2) is 4.79 Å². The van der Waals surface area contributed by atoms with E-state index in [4.69, 9.17) is 5.11 Å². The third-order valence-electron chi connectivity index (χ3n) is 1.54. The van der Waals surface area contributed by atoms with Gasteiger partial charge in [-0.3, -0.25) is 4.79 Å². The van der Waals surface area contributed by atoms with Crippen LogP contribution in [0.4, 0.5) is 0 Å². The molecule has 0 aromatic heterocycles. The molecule has 0 unspecified atom stereocenters. The zero-order chi connectivity index (χ0) is 7.56. The molecule has 1 N–H and O–H groups in total. The molecule has 0 atom stereocenters. The van der Waals surface area contributed by atoms with Gasteiger partial charge in [-0.2, -0.15) is 0 Å². The van der Waals surface area contributed by atoms with E-state index in [9.17, 15) is 9.59 Å². The second kappa shape index (κ2) is 2.67. The van der Waals surface area contributed by atoms with Crippen LogP contribution in [0.15, 0.2) is 5.57 Å². The van der Waals surface area contributed by atoms with E-state index in [1.54, 1.807) is 5.94 Å². The Bertz CT molecular complexity index is 197. The van der Waals surface area contributed by atoms with Crippen LogP contribution in [0.2, 0.25) is 0 Å². The number of carbonyl (C=O) groups is 1. The van der Waals surface area contributed by atoms with Crippen molar-refractivity contribution in [3.8, 4) is 0 Å². The van der Waals surface area contributed by atoms with Gasteiger partial charge < -0.3 is 5.11 Å². The summed E-state index contributed by atoms with van der Waals surface area (Å²) in [5.74, 6) is 0.972. The van der Waals surface area contributed by atoms with Crippen LogP contribution in [-0.2, 0) is 9.59 Å². The highest BCUT2D eigenvalue weighted by molar-refractivity contribution is 5.74. The first kappa shape index (κ1) is 7.03. The van der Waals surface area contributed by atoms with Crippen LogP contribution in [0, 0.1) is 5.92 Å². The first-order chi connectivity index (χ1) is 4.74. The Labute approximate surface area is 58.4 Å². The van der Waals surface area contributed by atoms with E-state index in [-0.39, 0.29) is 12.3 Å². The molecule has 10 heavy (non-hydrogen) atoms. The predicted molar refractivity (Wildman–Crippen MR) is 34.2 cm³/mol. The molecule has 0 spiro atoms. The van der Waals surface area contributed by atoms with E-state index >= 15 is 0 Å². The van der Waals surface area contributed by atoms with E-state index < -0.39 is 5.97 Å². The molecule has 54 valence electrons. The molecule has 0 saturated heterocycles. The van der Waals surface area contributed by atoms with Crippen LogP contribution in [-0.4, -0.2) is 17.0 Å². The van der Waals surface area contributed by atoms with Crippen molar-refractivity contribution in [2.45, 2.75) is 19.3 Å². The number of carboxylic acid groups (broad SMARTS) is 1. The van der Waals surface area contributed by atoms with Gasteiger partial charge in [0.05, 0.1) is 6.42 Å². The fourth-order valence-electron chi connectivity index (χ4n) is 0.858. The largest absolute Gasteiger partial charge is 0.481 e. The molecule has 1 fully saturated rings. The normalized spacial score (nSPS) is 16.0. The minimum Gasteiger partial charge on any atom is -0.481 e. The SMILES string of the molecule is O=C=C(CC(=O)O)C1CC1. The van der Waals surface area contributed by atoms with Gasteiger partial charge in [-0.15, -0.1) is 0 Å². The summed E-state index contributed by atoms with van der Waals surface area (Å²) in [7, 11) is 0. The van der Waals surface area contributed by atoms with Crippen LogP contribution < -0.4 is 0 Å². The average Bonchev–Trinajstić information content (AvgIpc) is 2.63. The Balaban J connectivity index is 2.49. The Morgan fingerprint density at radius 3 is 2.50 bits per heavy atom. The average molecular weight is 140 g/mol. The van der Waals surface area contributed by atoms with Crippen molar-refractivity contribution in [1.82, 2.24) is 0 Å². The van der Waals surface area contributed by atoms with Crippen molar-refractivity contribution in [2.24, 2.45) is 5.92 Å². The molecule has 0 aromatic carbocycles. The molecule has 3 heteroatoms. The number of aliphatic carboxylic acids is 1. The molecular formula is C7H8O3. The monoisotopic (exact) mass is 140 g/mol. The zero-order valence-electron chi connectivity index (χ0n) is 5.46. The first-order valence-electron chi connectivity index (χ1n) is 3.19. The molecule has 1 rings (SSSR count). The quantitative estimate of drug-likeness (QED) is 0.585. The third kappa shape index (κ3) is 1.71. The van der Waals surface area contributed by atoms with Crippen molar-refractivity contribution in [3.63, 3.8) is 0 Å². The highest BCUT2D eigenvalue weighted by Gasteiger charge is 2.28. The van der Waals surface area contributed by atoms with E-state index in [2.05, 4.69) is 0 Å². The van der Waals surface area contributed by atoms with Gasteiger partial charge in [-0.05, 0) is 18.8 Å². The van der Waals surface area contributed by atoms with E-state index in [0.717, 1.165) is 12.8 Å². The maximum absolute atomic E-state index is 10.1.